The van der Waals surface area contributed by atoms with Crippen LogP contribution in [0.25, 0.3) is 0 Å². The van der Waals surface area contributed by atoms with Gasteiger partial charge in [-0.2, -0.15) is 0 Å². The number of carboxylic acid groups (broad SMARTS) is 1. The molecule has 92 valence electrons. The number of nitrogens with one attached hydrogen (secondary N) is 2. The molecule has 5 heteroatoms. The normalized spacial score (nSPS) is 22.4. The maximum Gasteiger partial charge on any atom is 0.326 e. The second kappa shape index (κ2) is 6.48. The van der Waals surface area contributed by atoms with Gasteiger partial charge < -0.3 is 15.7 Å². The molecule has 0 bridgehead atoms. The summed E-state index contributed by atoms with van der Waals surface area (Å²) >= 11 is 0. The molecule has 0 unspecified atom stereocenters. The van der Waals surface area contributed by atoms with Crippen LogP contribution >= 0.6 is 0 Å². The fourth-order valence-electron chi connectivity index (χ4n) is 1.89. The molecule has 3 N–H and O–H groups in total. The second-order valence-corrected chi connectivity index (χ2v) is 4.19. The lowest BCUT2D eigenvalue weighted by Crippen LogP contribution is -2.51. The predicted molar refractivity (Wildman–Crippen MR) is 60.1 cm³/mol. The van der Waals surface area contributed by atoms with Crippen LogP contribution in [-0.2, 0) is 9.59 Å². The maximum absolute atomic E-state index is 11.8. The van der Waals surface area contributed by atoms with Gasteiger partial charge in [0.15, 0.2) is 0 Å². The van der Waals surface area contributed by atoms with Gasteiger partial charge in [0.2, 0.25) is 5.91 Å². The van der Waals surface area contributed by atoms with Crippen molar-refractivity contribution in [3.63, 3.8) is 0 Å². The molecular formula is C11H20N2O3. The van der Waals surface area contributed by atoms with Crippen LogP contribution < -0.4 is 10.6 Å². The number of carboxylic acids is 1. The zero-order valence-corrected chi connectivity index (χ0v) is 9.66. The number of amides is 1. The van der Waals surface area contributed by atoms with Crippen LogP contribution in [0.15, 0.2) is 0 Å². The van der Waals surface area contributed by atoms with Crippen LogP contribution in [0, 0.1) is 0 Å². The SMILES string of the molecule is CCC[C@@H](NC(=O)[C@@H]1CCCCN1)C(=O)O. The quantitative estimate of drug-likeness (QED) is 0.640. The van der Waals surface area contributed by atoms with Gasteiger partial charge in [-0.3, -0.25) is 4.79 Å². The van der Waals surface area contributed by atoms with E-state index < -0.39 is 12.0 Å². The Kier molecular flexibility index (Phi) is 5.25. The first-order valence-electron chi connectivity index (χ1n) is 5.91. The average Bonchev–Trinajstić information content (AvgIpc) is 2.29. The predicted octanol–water partition coefficient (Wildman–Crippen LogP) is 0.498. The van der Waals surface area contributed by atoms with Gasteiger partial charge in [0.05, 0.1) is 6.04 Å². The van der Waals surface area contributed by atoms with E-state index >= 15 is 0 Å². The molecule has 1 rings (SSSR count). The Bertz CT molecular complexity index is 250. The third-order valence-electron chi connectivity index (χ3n) is 2.82. The Labute approximate surface area is 95.6 Å². The first kappa shape index (κ1) is 13.0. The zero-order valence-electron chi connectivity index (χ0n) is 9.66. The molecule has 0 radical (unpaired) electrons. The van der Waals surface area contributed by atoms with Crippen LogP contribution in [0.4, 0.5) is 0 Å². The first-order valence-corrected chi connectivity index (χ1v) is 5.91. The topological polar surface area (TPSA) is 78.4 Å². The standard InChI is InChI=1S/C11H20N2O3/c1-2-5-9(11(15)16)13-10(14)8-6-3-4-7-12-8/h8-9,12H,2-7H2,1H3,(H,13,14)(H,15,16)/t8-,9+/m0/s1. The number of piperidine rings is 1. The molecule has 1 aliphatic heterocycles. The molecule has 1 fully saturated rings. The van der Waals surface area contributed by atoms with E-state index in [4.69, 9.17) is 5.11 Å². The summed E-state index contributed by atoms with van der Waals surface area (Å²) in [5, 5.41) is 14.6. The molecule has 1 heterocycles. The van der Waals surface area contributed by atoms with Crippen LogP contribution in [0.5, 0.6) is 0 Å². The van der Waals surface area contributed by atoms with Crippen molar-refractivity contribution in [2.75, 3.05) is 6.54 Å². The molecule has 2 atom stereocenters. The van der Waals surface area contributed by atoms with Crippen molar-refractivity contribution in [1.29, 1.82) is 0 Å². The Hall–Kier alpha value is -1.10. The highest BCUT2D eigenvalue weighted by atomic mass is 16.4. The molecule has 5 nitrogen and oxygen atoms in total. The van der Waals surface area contributed by atoms with Gasteiger partial charge in [0.1, 0.15) is 6.04 Å². The van der Waals surface area contributed by atoms with E-state index in [1.54, 1.807) is 0 Å². The highest BCUT2D eigenvalue weighted by Crippen LogP contribution is 2.07. The number of carbonyl (C=O) groups is 2. The lowest BCUT2D eigenvalue weighted by molar-refractivity contribution is -0.142. The molecule has 1 aliphatic rings. The molecule has 1 amide bonds. The molecule has 1 saturated heterocycles. The number of aliphatic carboxylic acids is 1. The fraction of sp³-hybridized carbons (Fsp3) is 0.818. The van der Waals surface area contributed by atoms with E-state index in [0.717, 1.165) is 32.2 Å². The van der Waals surface area contributed by atoms with Crippen LogP contribution in [0.2, 0.25) is 0 Å². The van der Waals surface area contributed by atoms with E-state index in [-0.39, 0.29) is 11.9 Å². The third-order valence-corrected chi connectivity index (χ3v) is 2.82. The summed E-state index contributed by atoms with van der Waals surface area (Å²) in [6.45, 7) is 2.74. The Morgan fingerprint density at radius 3 is 2.75 bits per heavy atom. The van der Waals surface area contributed by atoms with Crippen LogP contribution in [0.1, 0.15) is 39.0 Å². The van der Waals surface area contributed by atoms with Gasteiger partial charge in [0.25, 0.3) is 0 Å². The van der Waals surface area contributed by atoms with Gasteiger partial charge in [-0.05, 0) is 25.8 Å². The van der Waals surface area contributed by atoms with E-state index in [0.29, 0.717) is 6.42 Å². The summed E-state index contributed by atoms with van der Waals surface area (Å²) in [5.41, 5.74) is 0. The smallest absolute Gasteiger partial charge is 0.326 e. The van der Waals surface area contributed by atoms with E-state index in [1.807, 2.05) is 6.92 Å². The highest BCUT2D eigenvalue weighted by molar-refractivity contribution is 5.86. The van der Waals surface area contributed by atoms with E-state index in [2.05, 4.69) is 10.6 Å². The number of carbonyl (C=O) groups excluding carboxylic acids is 1. The lowest BCUT2D eigenvalue weighted by Gasteiger charge is -2.24. The minimum atomic E-state index is -0.953. The number of hydrogen-bond donors (Lipinski definition) is 3. The van der Waals surface area contributed by atoms with Crippen molar-refractivity contribution in [3.8, 4) is 0 Å². The van der Waals surface area contributed by atoms with Crippen molar-refractivity contribution < 1.29 is 14.7 Å². The largest absolute Gasteiger partial charge is 0.480 e. The van der Waals surface area contributed by atoms with E-state index in [1.165, 1.54) is 0 Å². The minimum Gasteiger partial charge on any atom is -0.480 e. The van der Waals surface area contributed by atoms with Crippen LogP contribution in [0.3, 0.4) is 0 Å². The first-order chi connectivity index (χ1) is 7.65. The van der Waals surface area contributed by atoms with Gasteiger partial charge in [-0.25, -0.2) is 4.79 Å². The zero-order chi connectivity index (χ0) is 12.0. The molecular weight excluding hydrogens is 208 g/mol. The maximum atomic E-state index is 11.8. The molecule has 0 aliphatic carbocycles. The van der Waals surface area contributed by atoms with Gasteiger partial charge in [0, 0.05) is 0 Å². The summed E-state index contributed by atoms with van der Waals surface area (Å²) in [4.78, 5) is 22.6. The summed E-state index contributed by atoms with van der Waals surface area (Å²) in [7, 11) is 0. The number of rotatable bonds is 5. The second-order valence-electron chi connectivity index (χ2n) is 4.19. The van der Waals surface area contributed by atoms with Crippen molar-refractivity contribution >= 4 is 11.9 Å². The molecule has 0 aromatic heterocycles. The highest BCUT2D eigenvalue weighted by Gasteiger charge is 2.25. The molecule has 0 aromatic carbocycles. The Morgan fingerprint density at radius 2 is 2.25 bits per heavy atom. The lowest BCUT2D eigenvalue weighted by atomic mass is 10.0. The molecule has 0 aromatic rings. The Morgan fingerprint density at radius 1 is 1.50 bits per heavy atom. The number of hydrogen-bond acceptors (Lipinski definition) is 3. The summed E-state index contributed by atoms with van der Waals surface area (Å²) in [5.74, 6) is -1.13. The minimum absolute atomic E-state index is 0.180. The van der Waals surface area contributed by atoms with Crippen molar-refractivity contribution in [3.05, 3.63) is 0 Å². The Balaban J connectivity index is 2.43. The van der Waals surface area contributed by atoms with Gasteiger partial charge in [-0.15, -0.1) is 0 Å². The monoisotopic (exact) mass is 228 g/mol. The average molecular weight is 228 g/mol. The summed E-state index contributed by atoms with van der Waals surface area (Å²) < 4.78 is 0. The fourth-order valence-corrected chi connectivity index (χ4v) is 1.89. The van der Waals surface area contributed by atoms with E-state index in [9.17, 15) is 9.59 Å². The van der Waals surface area contributed by atoms with Gasteiger partial charge in [-0.1, -0.05) is 19.8 Å². The summed E-state index contributed by atoms with van der Waals surface area (Å²) in [6.07, 6.45) is 4.13. The molecule has 0 spiro atoms. The van der Waals surface area contributed by atoms with Gasteiger partial charge >= 0.3 is 5.97 Å². The molecule has 0 saturated carbocycles. The van der Waals surface area contributed by atoms with Crippen molar-refractivity contribution in [2.45, 2.75) is 51.1 Å². The van der Waals surface area contributed by atoms with Crippen molar-refractivity contribution in [1.82, 2.24) is 10.6 Å². The van der Waals surface area contributed by atoms with Crippen LogP contribution in [-0.4, -0.2) is 35.6 Å². The summed E-state index contributed by atoms with van der Waals surface area (Å²) in [6, 6.07) is -0.964. The molecule has 16 heavy (non-hydrogen) atoms. The van der Waals surface area contributed by atoms with Crippen molar-refractivity contribution in [2.24, 2.45) is 0 Å². The third kappa shape index (κ3) is 3.81.